The molecule has 0 saturated carbocycles. The number of nitrogens with two attached hydrogens (primary N) is 1. The molecule has 0 bridgehead atoms. The van der Waals surface area contributed by atoms with Gasteiger partial charge in [-0.3, -0.25) is 4.98 Å². The molecule has 4 aromatic rings. The van der Waals surface area contributed by atoms with Crippen LogP contribution in [0.5, 0.6) is 0 Å². The third-order valence-electron chi connectivity index (χ3n) is 5.65. The Kier molecular flexibility index (Phi) is 5.03. The molecular formula is C24H21F2N5. The fraction of sp³-hybridized carbons (Fsp3) is 0.208. The normalized spacial score (nSPS) is 16.6. The monoisotopic (exact) mass is 417 g/mol. The Hall–Kier alpha value is -3.45. The van der Waals surface area contributed by atoms with Crippen molar-refractivity contribution >= 4 is 16.6 Å². The van der Waals surface area contributed by atoms with Gasteiger partial charge in [0.05, 0.1) is 16.8 Å². The van der Waals surface area contributed by atoms with Gasteiger partial charge >= 0.3 is 0 Å². The summed E-state index contributed by atoms with van der Waals surface area (Å²) in [5, 5.41) is 0.972. The molecule has 31 heavy (non-hydrogen) atoms. The summed E-state index contributed by atoms with van der Waals surface area (Å²) in [7, 11) is 0. The third-order valence-corrected chi connectivity index (χ3v) is 5.65. The van der Waals surface area contributed by atoms with Crippen LogP contribution in [0.25, 0.3) is 33.5 Å². The minimum absolute atomic E-state index is 0.149. The van der Waals surface area contributed by atoms with Crippen LogP contribution in [-0.4, -0.2) is 34.1 Å². The van der Waals surface area contributed by atoms with Crippen LogP contribution < -0.4 is 10.6 Å². The second-order valence-electron chi connectivity index (χ2n) is 7.77. The number of benzene rings is 2. The number of hydrogen-bond acceptors (Lipinski definition) is 5. The van der Waals surface area contributed by atoms with E-state index < -0.39 is 11.6 Å². The first-order valence-electron chi connectivity index (χ1n) is 10.3. The lowest BCUT2D eigenvalue weighted by atomic mass is 10.0. The number of rotatable bonds is 3. The number of hydrogen-bond donors (Lipinski definition) is 1. The highest BCUT2D eigenvalue weighted by Gasteiger charge is 2.19. The zero-order valence-electron chi connectivity index (χ0n) is 16.8. The summed E-state index contributed by atoms with van der Waals surface area (Å²) in [6, 6.07) is 13.2. The van der Waals surface area contributed by atoms with Gasteiger partial charge in [-0.1, -0.05) is 6.07 Å². The number of fused-ring (bicyclic) bond motifs is 1. The Labute approximate surface area is 178 Å². The number of aromatic nitrogens is 3. The molecule has 156 valence electrons. The predicted molar refractivity (Wildman–Crippen MR) is 118 cm³/mol. The Morgan fingerprint density at radius 2 is 1.77 bits per heavy atom. The van der Waals surface area contributed by atoms with Crippen LogP contribution in [0.2, 0.25) is 0 Å². The minimum atomic E-state index is -0.656. The fourth-order valence-corrected chi connectivity index (χ4v) is 4.15. The second-order valence-corrected chi connectivity index (χ2v) is 7.77. The van der Waals surface area contributed by atoms with Crippen molar-refractivity contribution in [3.63, 3.8) is 0 Å². The average molecular weight is 417 g/mol. The lowest BCUT2D eigenvalue weighted by molar-refractivity contribution is 0.507. The predicted octanol–water partition coefficient (Wildman–Crippen LogP) is 4.56. The smallest absolute Gasteiger partial charge is 0.159 e. The molecule has 1 aliphatic rings. The topological polar surface area (TPSA) is 67.9 Å². The number of anilines is 1. The van der Waals surface area contributed by atoms with E-state index in [0.717, 1.165) is 48.1 Å². The van der Waals surface area contributed by atoms with Crippen LogP contribution in [0.15, 0.2) is 60.9 Å². The van der Waals surface area contributed by atoms with Gasteiger partial charge in [0.1, 0.15) is 11.6 Å². The molecule has 5 nitrogen and oxygen atoms in total. The van der Waals surface area contributed by atoms with Crippen molar-refractivity contribution in [2.75, 3.05) is 18.0 Å². The van der Waals surface area contributed by atoms with Crippen molar-refractivity contribution in [1.82, 2.24) is 15.0 Å². The largest absolute Gasteiger partial charge is 0.369 e. The van der Waals surface area contributed by atoms with E-state index in [1.807, 2.05) is 24.3 Å². The molecule has 1 atom stereocenters. The van der Waals surface area contributed by atoms with Crippen molar-refractivity contribution in [1.29, 1.82) is 0 Å². The molecule has 1 saturated heterocycles. The molecular weight excluding hydrogens is 396 g/mol. The van der Waals surface area contributed by atoms with E-state index in [1.54, 1.807) is 6.20 Å². The zero-order chi connectivity index (χ0) is 21.4. The molecule has 0 radical (unpaired) electrons. The van der Waals surface area contributed by atoms with Gasteiger partial charge in [0.15, 0.2) is 5.82 Å². The molecule has 0 spiro atoms. The average Bonchev–Trinajstić information content (AvgIpc) is 2.78. The van der Waals surface area contributed by atoms with Crippen LogP contribution >= 0.6 is 0 Å². The van der Waals surface area contributed by atoms with Crippen LogP contribution in [0.3, 0.4) is 0 Å². The van der Waals surface area contributed by atoms with Gasteiger partial charge in [-0.2, -0.15) is 0 Å². The molecule has 2 N–H and O–H groups in total. The molecule has 2 aromatic heterocycles. The van der Waals surface area contributed by atoms with E-state index in [4.69, 9.17) is 5.73 Å². The third kappa shape index (κ3) is 3.72. The summed E-state index contributed by atoms with van der Waals surface area (Å²) in [5.41, 5.74) is 8.91. The van der Waals surface area contributed by atoms with Crippen LogP contribution in [0.1, 0.15) is 12.8 Å². The Bertz CT molecular complexity index is 1240. The number of piperidine rings is 1. The summed E-state index contributed by atoms with van der Waals surface area (Å²) in [6.07, 6.45) is 5.39. The summed E-state index contributed by atoms with van der Waals surface area (Å²) >= 11 is 0. The van der Waals surface area contributed by atoms with E-state index in [2.05, 4.69) is 19.9 Å². The molecule has 5 rings (SSSR count). The SMILES string of the molecule is N[C@H]1CCCN(c2ccnc3ccc(-c4nccc(-c5c(F)cccc5F)n4)cc23)C1. The van der Waals surface area contributed by atoms with Crippen LogP contribution in [0.4, 0.5) is 14.5 Å². The molecule has 0 amide bonds. The molecule has 3 heterocycles. The van der Waals surface area contributed by atoms with Crippen molar-refractivity contribution in [3.05, 3.63) is 72.6 Å². The van der Waals surface area contributed by atoms with Gasteiger partial charge in [0.2, 0.25) is 0 Å². The first-order chi connectivity index (χ1) is 15.1. The lowest BCUT2D eigenvalue weighted by Crippen LogP contribution is -2.42. The highest BCUT2D eigenvalue weighted by atomic mass is 19.1. The van der Waals surface area contributed by atoms with Gasteiger partial charge in [-0.25, -0.2) is 18.7 Å². The van der Waals surface area contributed by atoms with Crippen molar-refractivity contribution < 1.29 is 8.78 Å². The fourth-order valence-electron chi connectivity index (χ4n) is 4.15. The maximum Gasteiger partial charge on any atom is 0.159 e. The highest BCUT2D eigenvalue weighted by Crippen LogP contribution is 2.31. The van der Waals surface area contributed by atoms with E-state index in [1.165, 1.54) is 30.5 Å². The molecule has 1 fully saturated rings. The quantitative estimate of drug-likeness (QED) is 0.529. The lowest BCUT2D eigenvalue weighted by Gasteiger charge is -2.33. The van der Waals surface area contributed by atoms with Gasteiger partial charge in [0, 0.05) is 48.2 Å². The zero-order valence-corrected chi connectivity index (χ0v) is 16.8. The van der Waals surface area contributed by atoms with Gasteiger partial charge < -0.3 is 10.6 Å². The molecule has 0 aliphatic carbocycles. The summed E-state index contributed by atoms with van der Waals surface area (Å²) in [5.74, 6) is -0.917. The maximum absolute atomic E-state index is 14.2. The standard InChI is InChI=1S/C24H21F2N5/c25-18-4-1-5-19(26)23(18)21-8-10-29-24(30-21)15-6-7-20-17(13-15)22(9-11-28-20)31-12-2-3-16(27)14-31/h1,4-11,13,16H,2-3,12,14,27H2/t16-/m0/s1. The maximum atomic E-state index is 14.2. The molecule has 7 heteroatoms. The Morgan fingerprint density at radius 3 is 2.58 bits per heavy atom. The summed E-state index contributed by atoms with van der Waals surface area (Å²) in [6.45, 7) is 1.73. The van der Waals surface area contributed by atoms with Crippen LogP contribution in [0, 0.1) is 11.6 Å². The Balaban J connectivity index is 1.59. The van der Waals surface area contributed by atoms with E-state index >= 15 is 0 Å². The van der Waals surface area contributed by atoms with Gasteiger partial charge in [-0.15, -0.1) is 0 Å². The van der Waals surface area contributed by atoms with Gasteiger partial charge in [-0.05, 0) is 55.3 Å². The molecule has 1 aliphatic heterocycles. The van der Waals surface area contributed by atoms with Crippen molar-refractivity contribution in [2.45, 2.75) is 18.9 Å². The molecule has 0 unspecified atom stereocenters. The highest BCUT2D eigenvalue weighted by molar-refractivity contribution is 5.94. The van der Waals surface area contributed by atoms with Crippen molar-refractivity contribution in [2.24, 2.45) is 5.73 Å². The number of nitrogens with zero attached hydrogens (tertiary/aromatic N) is 4. The van der Waals surface area contributed by atoms with E-state index in [-0.39, 0.29) is 17.3 Å². The Morgan fingerprint density at radius 1 is 0.968 bits per heavy atom. The summed E-state index contributed by atoms with van der Waals surface area (Å²) in [4.78, 5) is 15.6. The first-order valence-corrected chi connectivity index (χ1v) is 10.3. The first kappa shape index (κ1) is 19.5. The molecule has 2 aromatic carbocycles. The van der Waals surface area contributed by atoms with Crippen molar-refractivity contribution in [3.8, 4) is 22.6 Å². The van der Waals surface area contributed by atoms with Gasteiger partial charge in [0.25, 0.3) is 0 Å². The number of pyridine rings is 1. The minimum Gasteiger partial charge on any atom is -0.369 e. The second kappa shape index (κ2) is 8.00. The van der Waals surface area contributed by atoms with E-state index in [0.29, 0.717) is 5.82 Å². The summed E-state index contributed by atoms with van der Waals surface area (Å²) < 4.78 is 28.5. The van der Waals surface area contributed by atoms with Crippen LogP contribution in [-0.2, 0) is 0 Å². The number of halogens is 2. The van der Waals surface area contributed by atoms with E-state index in [9.17, 15) is 8.78 Å².